The number of hydrogen-bond acceptors (Lipinski definition) is 4. The molecule has 2 rings (SSSR count). The molecule has 0 aliphatic carbocycles. The van der Waals surface area contributed by atoms with Gasteiger partial charge in [-0.3, -0.25) is 4.90 Å². The molecule has 0 saturated heterocycles. The lowest BCUT2D eigenvalue weighted by atomic mass is 10.1. The van der Waals surface area contributed by atoms with Crippen molar-refractivity contribution in [2.24, 2.45) is 0 Å². The number of hydrogen-bond donors (Lipinski definition) is 1. The first-order valence-electron chi connectivity index (χ1n) is 7.50. The minimum atomic E-state index is -3.47. The van der Waals surface area contributed by atoms with Crippen LogP contribution in [0.5, 0.6) is 0 Å². The number of nitrogens with zero attached hydrogens (tertiary/aromatic N) is 1. The third-order valence-electron chi connectivity index (χ3n) is 3.67. The van der Waals surface area contributed by atoms with Crippen molar-refractivity contribution in [2.75, 3.05) is 13.1 Å². The number of halogens is 1. The molecule has 0 saturated carbocycles. The van der Waals surface area contributed by atoms with Gasteiger partial charge in [0.2, 0.25) is 10.0 Å². The highest BCUT2D eigenvalue weighted by molar-refractivity contribution is 9.11. The lowest BCUT2D eigenvalue weighted by molar-refractivity contribution is 0.295. The summed E-state index contributed by atoms with van der Waals surface area (Å²) in [5, 5.41) is 0. The summed E-state index contributed by atoms with van der Waals surface area (Å²) >= 11 is 4.51. The van der Waals surface area contributed by atoms with Crippen LogP contribution in [-0.2, 0) is 23.1 Å². The summed E-state index contributed by atoms with van der Waals surface area (Å²) in [6.07, 6.45) is 0. The second-order valence-corrected chi connectivity index (χ2v) is 9.57. The lowest BCUT2D eigenvalue weighted by Gasteiger charge is -2.20. The van der Waals surface area contributed by atoms with Crippen molar-refractivity contribution in [1.29, 1.82) is 0 Å². The van der Waals surface area contributed by atoms with Crippen molar-refractivity contribution in [1.82, 2.24) is 9.62 Å². The summed E-state index contributed by atoms with van der Waals surface area (Å²) < 4.78 is 28.5. The van der Waals surface area contributed by atoms with Gasteiger partial charge in [0.1, 0.15) is 4.21 Å². The molecule has 0 unspecified atom stereocenters. The van der Waals surface area contributed by atoms with E-state index in [9.17, 15) is 8.42 Å². The van der Waals surface area contributed by atoms with E-state index in [1.165, 1.54) is 11.3 Å². The van der Waals surface area contributed by atoms with Gasteiger partial charge in [0.15, 0.2) is 0 Å². The largest absolute Gasteiger partial charge is 0.300 e. The van der Waals surface area contributed by atoms with Crippen LogP contribution in [0.25, 0.3) is 0 Å². The zero-order chi connectivity index (χ0) is 16.9. The molecule has 0 amide bonds. The Bertz CT molecular complexity index is 740. The van der Waals surface area contributed by atoms with Gasteiger partial charge in [-0.25, -0.2) is 13.1 Å². The highest BCUT2D eigenvalue weighted by atomic mass is 79.9. The summed E-state index contributed by atoms with van der Waals surface area (Å²) in [6, 6.07) is 11.3. The van der Waals surface area contributed by atoms with E-state index in [0.29, 0.717) is 10.8 Å². The predicted molar refractivity (Wildman–Crippen MR) is 99.1 cm³/mol. The van der Waals surface area contributed by atoms with Crippen LogP contribution in [0.1, 0.15) is 25.0 Å². The fourth-order valence-corrected chi connectivity index (χ4v) is 5.32. The van der Waals surface area contributed by atoms with Crippen molar-refractivity contribution in [3.8, 4) is 0 Å². The van der Waals surface area contributed by atoms with Crippen LogP contribution in [0.15, 0.2) is 44.4 Å². The van der Waals surface area contributed by atoms with Crippen LogP contribution in [0.3, 0.4) is 0 Å². The van der Waals surface area contributed by atoms with E-state index in [2.05, 4.69) is 45.5 Å². The standard InChI is InChI=1S/C16H21BrN2O2S2/c1-3-19(4-2)12-14-8-6-5-7-13(14)11-18-23(20,21)16-10-9-15(17)22-16/h5-10,18H,3-4,11-12H2,1-2H3. The first-order valence-corrected chi connectivity index (χ1v) is 10.6. The summed E-state index contributed by atoms with van der Waals surface area (Å²) in [6.45, 7) is 7.33. The van der Waals surface area contributed by atoms with Crippen molar-refractivity contribution in [3.63, 3.8) is 0 Å². The summed E-state index contributed by atoms with van der Waals surface area (Å²) in [4.78, 5) is 2.31. The number of rotatable bonds is 8. The highest BCUT2D eigenvalue weighted by Crippen LogP contribution is 2.26. The SMILES string of the molecule is CCN(CC)Cc1ccccc1CNS(=O)(=O)c1ccc(Br)s1. The van der Waals surface area contributed by atoms with Crippen LogP contribution in [0, 0.1) is 0 Å². The maximum Gasteiger partial charge on any atom is 0.250 e. The predicted octanol–water partition coefficient (Wildman–Crippen LogP) is 3.83. The van der Waals surface area contributed by atoms with Crippen LogP contribution in [0.2, 0.25) is 0 Å². The minimum Gasteiger partial charge on any atom is -0.300 e. The average molecular weight is 417 g/mol. The molecule has 2 aromatic rings. The molecule has 0 radical (unpaired) electrons. The fourth-order valence-electron chi connectivity index (χ4n) is 2.26. The van der Waals surface area contributed by atoms with Gasteiger partial charge in [0.25, 0.3) is 0 Å². The molecule has 1 aromatic carbocycles. The molecule has 0 bridgehead atoms. The Morgan fingerprint density at radius 1 is 1.09 bits per heavy atom. The van der Waals surface area contributed by atoms with Gasteiger partial charge >= 0.3 is 0 Å². The Labute approximate surface area is 150 Å². The van der Waals surface area contributed by atoms with Crippen molar-refractivity contribution in [3.05, 3.63) is 51.3 Å². The molecule has 0 fully saturated rings. The number of benzene rings is 1. The van der Waals surface area contributed by atoms with E-state index in [0.717, 1.165) is 34.5 Å². The van der Waals surface area contributed by atoms with Crippen molar-refractivity contribution >= 4 is 37.3 Å². The fraction of sp³-hybridized carbons (Fsp3) is 0.375. The molecule has 7 heteroatoms. The average Bonchev–Trinajstić information content (AvgIpc) is 2.99. The molecule has 4 nitrogen and oxygen atoms in total. The number of thiophene rings is 1. The van der Waals surface area contributed by atoms with Gasteiger partial charge in [-0.2, -0.15) is 0 Å². The third kappa shape index (κ3) is 5.12. The Hall–Kier alpha value is -0.730. The third-order valence-corrected chi connectivity index (χ3v) is 7.19. The van der Waals surface area contributed by atoms with Crippen LogP contribution in [-0.4, -0.2) is 26.4 Å². The normalized spacial score (nSPS) is 12.0. The van der Waals surface area contributed by atoms with Gasteiger partial charge in [-0.05, 0) is 52.3 Å². The molecule has 1 aromatic heterocycles. The van der Waals surface area contributed by atoms with E-state index >= 15 is 0 Å². The molecule has 1 N–H and O–H groups in total. The second-order valence-electron chi connectivity index (χ2n) is 5.11. The zero-order valence-electron chi connectivity index (χ0n) is 13.3. The zero-order valence-corrected chi connectivity index (χ0v) is 16.5. The molecule has 0 aliphatic rings. The maximum atomic E-state index is 12.3. The second kappa shape index (κ2) is 8.39. The summed E-state index contributed by atoms with van der Waals surface area (Å²) in [5.74, 6) is 0. The molecular formula is C16H21BrN2O2S2. The maximum absolute atomic E-state index is 12.3. The highest BCUT2D eigenvalue weighted by Gasteiger charge is 2.17. The topological polar surface area (TPSA) is 49.4 Å². The van der Waals surface area contributed by atoms with Gasteiger partial charge in [-0.15, -0.1) is 11.3 Å². The van der Waals surface area contributed by atoms with Gasteiger partial charge in [0.05, 0.1) is 3.79 Å². The van der Waals surface area contributed by atoms with E-state index in [1.807, 2.05) is 18.2 Å². The Kier molecular flexibility index (Phi) is 6.79. The van der Waals surface area contributed by atoms with Gasteiger partial charge < -0.3 is 0 Å². The molecule has 0 spiro atoms. The van der Waals surface area contributed by atoms with E-state index < -0.39 is 10.0 Å². The monoisotopic (exact) mass is 416 g/mol. The number of nitrogens with one attached hydrogen (secondary N) is 1. The Morgan fingerprint density at radius 3 is 2.30 bits per heavy atom. The molecule has 23 heavy (non-hydrogen) atoms. The molecular weight excluding hydrogens is 396 g/mol. The molecule has 1 heterocycles. The van der Waals surface area contributed by atoms with Crippen LogP contribution < -0.4 is 4.72 Å². The number of sulfonamides is 1. The van der Waals surface area contributed by atoms with Crippen molar-refractivity contribution < 1.29 is 8.42 Å². The summed E-state index contributed by atoms with van der Waals surface area (Å²) in [7, 11) is -3.47. The van der Waals surface area contributed by atoms with E-state index in [1.54, 1.807) is 12.1 Å². The minimum absolute atomic E-state index is 0.301. The van der Waals surface area contributed by atoms with Crippen LogP contribution >= 0.6 is 27.3 Å². The van der Waals surface area contributed by atoms with Crippen LogP contribution in [0.4, 0.5) is 0 Å². The van der Waals surface area contributed by atoms with Crippen molar-refractivity contribution in [2.45, 2.75) is 31.1 Å². The van der Waals surface area contributed by atoms with Gasteiger partial charge in [0, 0.05) is 13.1 Å². The van der Waals surface area contributed by atoms with Gasteiger partial charge in [-0.1, -0.05) is 38.1 Å². The lowest BCUT2D eigenvalue weighted by Crippen LogP contribution is -2.25. The van der Waals surface area contributed by atoms with E-state index in [-0.39, 0.29) is 0 Å². The molecule has 126 valence electrons. The first kappa shape index (κ1) is 18.6. The smallest absolute Gasteiger partial charge is 0.250 e. The quantitative estimate of drug-likeness (QED) is 0.710. The van der Waals surface area contributed by atoms with E-state index in [4.69, 9.17) is 0 Å². The molecule has 0 aliphatic heterocycles. The molecule has 0 atom stereocenters. The summed E-state index contributed by atoms with van der Waals surface area (Å²) in [5.41, 5.74) is 2.17. The Balaban J connectivity index is 2.11. The Morgan fingerprint density at radius 2 is 1.74 bits per heavy atom. The first-order chi connectivity index (χ1) is 11.0.